The van der Waals surface area contributed by atoms with Gasteiger partial charge in [0.1, 0.15) is 4.90 Å². The first-order valence-corrected chi connectivity index (χ1v) is 7.95. The molecule has 20 heavy (non-hydrogen) atoms. The average Bonchev–Trinajstić information content (AvgIpc) is 2.33. The van der Waals surface area contributed by atoms with Gasteiger partial charge in [0.2, 0.25) is 0 Å². The van der Waals surface area contributed by atoms with Crippen molar-refractivity contribution in [2.24, 2.45) is 0 Å². The predicted molar refractivity (Wildman–Crippen MR) is 83.1 cm³/mol. The summed E-state index contributed by atoms with van der Waals surface area (Å²) in [5.41, 5.74) is 5.81. The standard InChI is InChI=1S/C12H9Cl3N2O2S/c13-7-4-5-11(10(16)6-7)20(18,19)17-12-8(14)2-1-3-9(12)15/h1-6,17H,16H2. The highest BCUT2D eigenvalue weighted by Crippen LogP contribution is 2.33. The highest BCUT2D eigenvalue weighted by Gasteiger charge is 2.20. The van der Waals surface area contributed by atoms with Crippen LogP contribution in [0.3, 0.4) is 0 Å². The summed E-state index contributed by atoms with van der Waals surface area (Å²) in [7, 11) is -3.91. The summed E-state index contributed by atoms with van der Waals surface area (Å²) in [6.07, 6.45) is 0. The first kappa shape index (κ1) is 15.3. The second-order valence-corrected chi connectivity index (χ2v) is 6.79. The van der Waals surface area contributed by atoms with Gasteiger partial charge in [-0.3, -0.25) is 4.72 Å². The second kappa shape index (κ2) is 5.69. The van der Waals surface area contributed by atoms with E-state index in [0.717, 1.165) is 0 Å². The molecule has 0 aliphatic rings. The van der Waals surface area contributed by atoms with E-state index in [1.54, 1.807) is 6.07 Å². The van der Waals surface area contributed by atoms with Crippen LogP contribution in [0.25, 0.3) is 0 Å². The van der Waals surface area contributed by atoms with Gasteiger partial charge in [0, 0.05) is 5.02 Å². The van der Waals surface area contributed by atoms with Gasteiger partial charge in [-0.1, -0.05) is 40.9 Å². The second-order valence-electron chi connectivity index (χ2n) is 3.88. The van der Waals surface area contributed by atoms with Gasteiger partial charge in [-0.05, 0) is 30.3 Å². The Morgan fingerprint density at radius 1 is 1.00 bits per heavy atom. The Labute approximate surface area is 131 Å². The number of hydrogen-bond donors (Lipinski definition) is 2. The van der Waals surface area contributed by atoms with Crippen molar-refractivity contribution in [3.8, 4) is 0 Å². The number of para-hydroxylation sites is 1. The van der Waals surface area contributed by atoms with Gasteiger partial charge in [0.05, 0.1) is 21.4 Å². The molecule has 2 aromatic carbocycles. The summed E-state index contributed by atoms with van der Waals surface area (Å²) < 4.78 is 26.9. The lowest BCUT2D eigenvalue weighted by molar-refractivity contribution is 0.601. The summed E-state index contributed by atoms with van der Waals surface area (Å²) in [6, 6.07) is 8.75. The van der Waals surface area contributed by atoms with Crippen molar-refractivity contribution in [2.45, 2.75) is 4.90 Å². The molecule has 2 rings (SSSR count). The molecule has 3 N–H and O–H groups in total. The minimum atomic E-state index is -3.91. The zero-order valence-electron chi connectivity index (χ0n) is 9.90. The smallest absolute Gasteiger partial charge is 0.264 e. The molecule has 0 aliphatic carbocycles. The molecule has 2 aromatic rings. The van der Waals surface area contributed by atoms with Crippen molar-refractivity contribution >= 4 is 56.2 Å². The normalized spacial score (nSPS) is 11.3. The monoisotopic (exact) mass is 350 g/mol. The molecule has 8 heteroatoms. The van der Waals surface area contributed by atoms with E-state index >= 15 is 0 Å². The summed E-state index contributed by atoms with van der Waals surface area (Å²) in [6.45, 7) is 0. The molecular formula is C12H9Cl3N2O2S. The first-order chi connectivity index (χ1) is 9.31. The first-order valence-electron chi connectivity index (χ1n) is 5.33. The molecule has 0 bridgehead atoms. The molecule has 0 amide bonds. The number of anilines is 2. The molecule has 0 saturated carbocycles. The summed E-state index contributed by atoms with van der Waals surface area (Å²) in [5.74, 6) is 0. The van der Waals surface area contributed by atoms with Crippen molar-refractivity contribution in [3.05, 3.63) is 51.5 Å². The third kappa shape index (κ3) is 3.12. The largest absolute Gasteiger partial charge is 0.398 e. The predicted octanol–water partition coefficient (Wildman–Crippen LogP) is 4.03. The average molecular weight is 352 g/mol. The van der Waals surface area contributed by atoms with Crippen LogP contribution in [0.5, 0.6) is 0 Å². The third-order valence-electron chi connectivity index (χ3n) is 2.46. The molecule has 0 aliphatic heterocycles. The number of nitrogens with one attached hydrogen (secondary N) is 1. The van der Waals surface area contributed by atoms with Gasteiger partial charge < -0.3 is 5.73 Å². The Kier molecular flexibility index (Phi) is 4.34. The Balaban J connectivity index is 2.46. The fourth-order valence-electron chi connectivity index (χ4n) is 1.55. The molecule has 4 nitrogen and oxygen atoms in total. The van der Waals surface area contributed by atoms with Crippen molar-refractivity contribution in [1.29, 1.82) is 0 Å². The summed E-state index contributed by atoms with van der Waals surface area (Å²) in [5, 5.41) is 0.722. The van der Waals surface area contributed by atoms with Gasteiger partial charge in [0.25, 0.3) is 10.0 Å². The number of benzene rings is 2. The van der Waals surface area contributed by atoms with Gasteiger partial charge >= 0.3 is 0 Å². The molecule has 0 saturated heterocycles. The van der Waals surface area contributed by atoms with Gasteiger partial charge in [-0.2, -0.15) is 0 Å². The minimum Gasteiger partial charge on any atom is -0.398 e. The number of nitrogen functional groups attached to an aromatic ring is 1. The van der Waals surface area contributed by atoms with E-state index in [4.69, 9.17) is 40.5 Å². The highest BCUT2D eigenvalue weighted by molar-refractivity contribution is 7.93. The Morgan fingerprint density at radius 2 is 1.60 bits per heavy atom. The van der Waals surface area contributed by atoms with Crippen LogP contribution in [0, 0.1) is 0 Å². The molecule has 0 aromatic heterocycles. The van der Waals surface area contributed by atoms with E-state index in [1.165, 1.54) is 30.3 Å². The van der Waals surface area contributed by atoms with Crippen LogP contribution in [0.4, 0.5) is 11.4 Å². The van der Waals surface area contributed by atoms with E-state index in [0.29, 0.717) is 5.02 Å². The number of nitrogens with two attached hydrogens (primary N) is 1. The lowest BCUT2D eigenvalue weighted by atomic mass is 10.3. The van der Waals surface area contributed by atoms with E-state index in [1.807, 2.05) is 0 Å². The Bertz CT molecular complexity index is 743. The Morgan fingerprint density at radius 3 is 2.15 bits per heavy atom. The van der Waals surface area contributed by atoms with Crippen LogP contribution in [0.2, 0.25) is 15.1 Å². The lowest BCUT2D eigenvalue weighted by Gasteiger charge is -2.12. The number of rotatable bonds is 3. The zero-order valence-corrected chi connectivity index (χ0v) is 13.0. The van der Waals surface area contributed by atoms with Crippen LogP contribution < -0.4 is 10.5 Å². The van der Waals surface area contributed by atoms with Crippen LogP contribution >= 0.6 is 34.8 Å². The molecular weight excluding hydrogens is 343 g/mol. The quantitative estimate of drug-likeness (QED) is 0.820. The van der Waals surface area contributed by atoms with Crippen molar-refractivity contribution in [2.75, 3.05) is 10.5 Å². The fraction of sp³-hybridized carbons (Fsp3) is 0. The van der Waals surface area contributed by atoms with Crippen LogP contribution in [0.15, 0.2) is 41.3 Å². The highest BCUT2D eigenvalue weighted by atomic mass is 35.5. The van der Waals surface area contributed by atoms with Crippen molar-refractivity contribution in [1.82, 2.24) is 0 Å². The third-order valence-corrected chi connectivity index (χ3v) is 4.75. The molecule has 0 unspecified atom stereocenters. The fourth-order valence-corrected chi connectivity index (χ4v) is 3.55. The minimum absolute atomic E-state index is 0.0353. The lowest BCUT2D eigenvalue weighted by Crippen LogP contribution is -2.15. The van der Waals surface area contributed by atoms with Crippen LogP contribution in [-0.4, -0.2) is 8.42 Å². The van der Waals surface area contributed by atoms with Gasteiger partial charge in [-0.15, -0.1) is 0 Å². The van der Waals surface area contributed by atoms with Gasteiger partial charge in [0.15, 0.2) is 0 Å². The van der Waals surface area contributed by atoms with Gasteiger partial charge in [-0.25, -0.2) is 8.42 Å². The summed E-state index contributed by atoms with van der Waals surface area (Å²) >= 11 is 17.6. The van der Waals surface area contributed by atoms with E-state index < -0.39 is 10.0 Å². The Hall–Kier alpha value is -1.14. The van der Waals surface area contributed by atoms with Crippen LogP contribution in [0.1, 0.15) is 0 Å². The topological polar surface area (TPSA) is 72.2 Å². The molecule has 0 radical (unpaired) electrons. The number of hydrogen-bond acceptors (Lipinski definition) is 3. The van der Waals surface area contributed by atoms with Crippen molar-refractivity contribution in [3.63, 3.8) is 0 Å². The molecule has 0 atom stereocenters. The zero-order chi connectivity index (χ0) is 14.9. The van der Waals surface area contributed by atoms with Crippen LogP contribution in [-0.2, 0) is 10.0 Å². The molecule has 0 spiro atoms. The summed E-state index contributed by atoms with van der Waals surface area (Å²) in [4.78, 5) is -0.0992. The van der Waals surface area contributed by atoms with E-state index in [9.17, 15) is 8.42 Å². The number of halogens is 3. The number of sulfonamides is 1. The van der Waals surface area contributed by atoms with Crippen molar-refractivity contribution < 1.29 is 8.42 Å². The molecule has 106 valence electrons. The van der Waals surface area contributed by atoms with E-state index in [2.05, 4.69) is 4.72 Å². The molecule has 0 fully saturated rings. The molecule has 0 heterocycles. The maximum Gasteiger partial charge on any atom is 0.264 e. The van der Waals surface area contributed by atoms with E-state index in [-0.39, 0.29) is 26.3 Å². The maximum absolute atomic E-state index is 12.3. The SMILES string of the molecule is Nc1cc(Cl)ccc1S(=O)(=O)Nc1c(Cl)cccc1Cl. The maximum atomic E-state index is 12.3.